The van der Waals surface area contributed by atoms with Gasteiger partial charge in [-0.3, -0.25) is 29.4 Å². The molecule has 1 unspecified atom stereocenters. The summed E-state index contributed by atoms with van der Waals surface area (Å²) in [5.41, 5.74) is 5.37. The third-order valence-electron chi connectivity index (χ3n) is 12.5. The molecule has 0 radical (unpaired) electrons. The SMILES string of the molecule is CN(C)C(=O)c1cc2cnc(Nc3ccc(CN4CCC([C@@H]5CCN5c5cccc6c5CN(C5CCC(=O)NC5=O)C6=O)CC4)cn3)nc2n1C1CCCC1. The molecule has 0 spiro atoms. The molecular formula is C41H48N10O4. The van der Waals surface area contributed by atoms with E-state index in [-0.39, 0.29) is 36.1 Å². The summed E-state index contributed by atoms with van der Waals surface area (Å²) in [6.07, 6.45) is 12.1. The first kappa shape index (κ1) is 35.3. The molecule has 1 aromatic carbocycles. The summed E-state index contributed by atoms with van der Waals surface area (Å²) in [6.45, 7) is 4.22. The number of pyridine rings is 1. The van der Waals surface area contributed by atoms with Crippen molar-refractivity contribution in [1.82, 2.24) is 39.5 Å². The van der Waals surface area contributed by atoms with Crippen LogP contribution in [0.5, 0.6) is 0 Å². The summed E-state index contributed by atoms with van der Waals surface area (Å²) >= 11 is 0. The molecule has 4 fully saturated rings. The fourth-order valence-corrected chi connectivity index (χ4v) is 9.49. The number of benzene rings is 1. The van der Waals surface area contributed by atoms with Gasteiger partial charge in [-0.2, -0.15) is 4.98 Å². The zero-order valence-corrected chi connectivity index (χ0v) is 31.5. The molecule has 2 N–H and O–H groups in total. The summed E-state index contributed by atoms with van der Waals surface area (Å²) in [6, 6.07) is 12.0. The molecule has 1 aliphatic carbocycles. The highest BCUT2D eigenvalue weighted by Crippen LogP contribution is 2.41. The summed E-state index contributed by atoms with van der Waals surface area (Å²) in [7, 11) is 3.56. The van der Waals surface area contributed by atoms with Crippen molar-refractivity contribution in [3.63, 3.8) is 0 Å². The predicted octanol–water partition coefficient (Wildman–Crippen LogP) is 4.64. The number of nitrogens with zero attached hydrogens (tertiary/aromatic N) is 8. The molecule has 2 atom stereocenters. The van der Waals surface area contributed by atoms with Crippen molar-refractivity contribution in [3.05, 3.63) is 71.2 Å². The molecule has 14 heteroatoms. The summed E-state index contributed by atoms with van der Waals surface area (Å²) in [4.78, 5) is 73.2. The molecule has 5 aliphatic rings. The molecule has 0 bridgehead atoms. The minimum absolute atomic E-state index is 0.0266. The number of rotatable bonds is 9. The van der Waals surface area contributed by atoms with Gasteiger partial charge in [0.1, 0.15) is 23.2 Å². The Hall–Kier alpha value is -5.37. The van der Waals surface area contributed by atoms with Crippen molar-refractivity contribution in [2.24, 2.45) is 5.92 Å². The van der Waals surface area contributed by atoms with Crippen LogP contribution < -0.4 is 15.5 Å². The van der Waals surface area contributed by atoms with E-state index in [0.29, 0.717) is 47.9 Å². The molecule has 286 valence electrons. The standard InChI is InChI=1S/C41H48N10O4/c1-47(2)40(55)34-20-27-22-43-41(46-37(27)51(34)28-6-3-4-7-28)44-35-12-10-25(21-42-35)23-48-17-14-26(15-18-48)31-16-19-49(31)32-9-5-8-29-30(32)24-50(39(29)54)33-11-13-36(52)45-38(33)53/h5,8-10,12,20-22,26,28,31,33H,3-4,6-7,11,13-19,23-24H2,1-2H3,(H,45,52,53)(H,42,43,44,46)/t31-,33?/m0/s1. The van der Waals surface area contributed by atoms with Crippen LogP contribution in [0.25, 0.3) is 11.0 Å². The van der Waals surface area contributed by atoms with Crippen molar-refractivity contribution in [2.45, 2.75) is 89.0 Å². The number of likely N-dealkylation sites (tertiary alicyclic amines) is 1. The fraction of sp³-hybridized carbons (Fsp3) is 0.488. The van der Waals surface area contributed by atoms with Gasteiger partial charge in [0.25, 0.3) is 11.8 Å². The van der Waals surface area contributed by atoms with Gasteiger partial charge < -0.3 is 24.6 Å². The van der Waals surface area contributed by atoms with Gasteiger partial charge in [0.15, 0.2) is 0 Å². The largest absolute Gasteiger partial charge is 0.368 e. The maximum Gasteiger partial charge on any atom is 0.270 e. The smallest absolute Gasteiger partial charge is 0.270 e. The van der Waals surface area contributed by atoms with Crippen LogP contribution in [0.3, 0.4) is 0 Å². The van der Waals surface area contributed by atoms with E-state index in [0.717, 1.165) is 99.0 Å². The zero-order valence-electron chi connectivity index (χ0n) is 31.5. The topological polar surface area (TPSA) is 149 Å². The van der Waals surface area contributed by atoms with E-state index in [1.807, 2.05) is 30.5 Å². The minimum atomic E-state index is -0.607. The third kappa shape index (κ3) is 6.59. The quantitative estimate of drug-likeness (QED) is 0.232. The number of aromatic nitrogens is 4. The first-order chi connectivity index (χ1) is 26.7. The first-order valence-corrected chi connectivity index (χ1v) is 19.8. The second-order valence-electron chi connectivity index (χ2n) is 16.1. The second kappa shape index (κ2) is 14.4. The number of carbonyl (C=O) groups excluding carboxylic acids is 4. The van der Waals surface area contributed by atoms with Crippen LogP contribution >= 0.6 is 0 Å². The summed E-state index contributed by atoms with van der Waals surface area (Å²) in [5.74, 6) is 0.898. The summed E-state index contributed by atoms with van der Waals surface area (Å²) in [5, 5.41) is 6.55. The monoisotopic (exact) mass is 744 g/mol. The molecule has 4 aromatic rings. The Morgan fingerprint density at radius 1 is 0.927 bits per heavy atom. The average Bonchev–Trinajstić information content (AvgIpc) is 3.91. The minimum Gasteiger partial charge on any atom is -0.368 e. The van der Waals surface area contributed by atoms with E-state index in [2.05, 4.69) is 42.1 Å². The van der Waals surface area contributed by atoms with Gasteiger partial charge in [-0.05, 0) is 87.4 Å². The highest BCUT2D eigenvalue weighted by Gasteiger charge is 2.43. The van der Waals surface area contributed by atoms with Crippen molar-refractivity contribution in [2.75, 3.05) is 43.9 Å². The van der Waals surface area contributed by atoms with Gasteiger partial charge in [0.05, 0.1) is 0 Å². The average molecular weight is 745 g/mol. The third-order valence-corrected chi connectivity index (χ3v) is 12.5. The Balaban J connectivity index is 0.809. The van der Waals surface area contributed by atoms with Crippen LogP contribution in [0.2, 0.25) is 0 Å². The highest BCUT2D eigenvalue weighted by molar-refractivity contribution is 6.06. The van der Waals surface area contributed by atoms with E-state index in [4.69, 9.17) is 9.97 Å². The number of hydrogen-bond donors (Lipinski definition) is 2. The van der Waals surface area contributed by atoms with Gasteiger partial charge >= 0.3 is 0 Å². The molecule has 14 nitrogen and oxygen atoms in total. The van der Waals surface area contributed by atoms with E-state index in [9.17, 15) is 19.2 Å². The number of fused-ring (bicyclic) bond motifs is 2. The molecule has 3 aromatic heterocycles. The maximum absolute atomic E-state index is 13.4. The Kier molecular flexibility index (Phi) is 9.23. The van der Waals surface area contributed by atoms with Crippen LogP contribution in [-0.4, -0.2) is 104 Å². The Labute approximate surface area is 320 Å². The molecule has 4 aliphatic heterocycles. The number of hydrogen-bond acceptors (Lipinski definition) is 10. The van der Waals surface area contributed by atoms with Crippen LogP contribution in [0.1, 0.15) is 95.8 Å². The van der Waals surface area contributed by atoms with Crippen LogP contribution in [0, 0.1) is 5.92 Å². The zero-order chi connectivity index (χ0) is 37.8. The number of nitrogens with one attached hydrogen (secondary N) is 2. The van der Waals surface area contributed by atoms with Gasteiger partial charge in [0.2, 0.25) is 17.8 Å². The van der Waals surface area contributed by atoms with E-state index >= 15 is 0 Å². The molecule has 55 heavy (non-hydrogen) atoms. The number of piperidine rings is 2. The van der Waals surface area contributed by atoms with Crippen LogP contribution in [0.4, 0.5) is 17.5 Å². The lowest BCUT2D eigenvalue weighted by Crippen LogP contribution is -2.54. The molecule has 7 heterocycles. The first-order valence-electron chi connectivity index (χ1n) is 19.8. The number of carbonyl (C=O) groups is 4. The lowest BCUT2D eigenvalue weighted by molar-refractivity contribution is -0.136. The maximum atomic E-state index is 13.4. The number of amides is 4. The summed E-state index contributed by atoms with van der Waals surface area (Å²) < 4.78 is 2.12. The fourth-order valence-electron chi connectivity index (χ4n) is 9.49. The van der Waals surface area contributed by atoms with E-state index < -0.39 is 6.04 Å². The van der Waals surface area contributed by atoms with Crippen molar-refractivity contribution < 1.29 is 19.2 Å². The second-order valence-corrected chi connectivity index (χ2v) is 16.1. The number of anilines is 3. The lowest BCUT2D eigenvalue weighted by atomic mass is 9.81. The van der Waals surface area contributed by atoms with E-state index in [1.165, 1.54) is 0 Å². The van der Waals surface area contributed by atoms with Crippen molar-refractivity contribution >= 4 is 52.1 Å². The van der Waals surface area contributed by atoms with Gasteiger partial charge in [0, 0.05) is 86.8 Å². The Morgan fingerprint density at radius 3 is 2.45 bits per heavy atom. The molecule has 3 saturated heterocycles. The molecule has 4 amide bonds. The lowest BCUT2D eigenvalue weighted by Gasteiger charge is -2.50. The van der Waals surface area contributed by atoms with E-state index in [1.54, 1.807) is 30.1 Å². The van der Waals surface area contributed by atoms with Crippen molar-refractivity contribution in [3.8, 4) is 0 Å². The van der Waals surface area contributed by atoms with Gasteiger partial charge in [-0.1, -0.05) is 25.0 Å². The normalized spacial score (nSPS) is 22.3. The Morgan fingerprint density at radius 2 is 1.75 bits per heavy atom. The Bertz CT molecular complexity index is 2150. The molecular weight excluding hydrogens is 697 g/mol. The van der Waals surface area contributed by atoms with Gasteiger partial charge in [-0.15, -0.1) is 0 Å². The number of imide groups is 1. The van der Waals surface area contributed by atoms with Gasteiger partial charge in [-0.25, -0.2) is 9.97 Å². The molecule has 9 rings (SSSR count). The predicted molar refractivity (Wildman–Crippen MR) is 207 cm³/mol. The van der Waals surface area contributed by atoms with Crippen LogP contribution in [-0.2, 0) is 22.7 Å². The van der Waals surface area contributed by atoms with Crippen LogP contribution in [0.15, 0.2) is 48.8 Å². The van der Waals surface area contributed by atoms with Crippen molar-refractivity contribution in [1.29, 1.82) is 0 Å². The molecule has 1 saturated carbocycles. The highest BCUT2D eigenvalue weighted by atomic mass is 16.2.